The third-order valence-corrected chi connectivity index (χ3v) is 4.25. The standard InChI is InChI=1S/C15H14N2O5S/c18-13(19)2-1-5-16-14(20)12-7-17-15(23-12)9-3-4-10-11(6-9)22-8-21-10/h3-4,6-7H,1-2,5,8H2,(H,16,20)(H,18,19). The van der Waals surface area contributed by atoms with Crippen molar-refractivity contribution in [2.45, 2.75) is 12.8 Å². The van der Waals surface area contributed by atoms with E-state index in [1.54, 1.807) is 0 Å². The molecule has 1 aromatic carbocycles. The average Bonchev–Trinajstić information content (AvgIpc) is 3.18. The highest BCUT2D eigenvalue weighted by atomic mass is 32.1. The molecule has 0 bridgehead atoms. The maximum absolute atomic E-state index is 12.0. The number of amides is 1. The molecule has 1 amide bonds. The van der Waals surface area contributed by atoms with E-state index in [2.05, 4.69) is 10.3 Å². The second-order valence-corrected chi connectivity index (χ2v) is 5.88. The molecule has 23 heavy (non-hydrogen) atoms. The van der Waals surface area contributed by atoms with Crippen LogP contribution in [0.4, 0.5) is 0 Å². The van der Waals surface area contributed by atoms with Gasteiger partial charge in [-0.25, -0.2) is 4.98 Å². The van der Waals surface area contributed by atoms with Crippen molar-refractivity contribution >= 4 is 23.2 Å². The van der Waals surface area contributed by atoms with E-state index in [-0.39, 0.29) is 19.1 Å². The minimum Gasteiger partial charge on any atom is -0.481 e. The van der Waals surface area contributed by atoms with Crippen LogP contribution >= 0.6 is 11.3 Å². The summed E-state index contributed by atoms with van der Waals surface area (Å²) in [6.07, 6.45) is 1.94. The summed E-state index contributed by atoms with van der Waals surface area (Å²) >= 11 is 1.27. The summed E-state index contributed by atoms with van der Waals surface area (Å²) in [7, 11) is 0. The number of aromatic nitrogens is 1. The van der Waals surface area contributed by atoms with E-state index < -0.39 is 5.97 Å². The monoisotopic (exact) mass is 334 g/mol. The predicted molar refractivity (Wildman–Crippen MR) is 82.9 cm³/mol. The van der Waals surface area contributed by atoms with E-state index in [1.165, 1.54) is 17.5 Å². The molecule has 0 unspecified atom stereocenters. The van der Waals surface area contributed by atoms with Gasteiger partial charge in [0.25, 0.3) is 5.91 Å². The van der Waals surface area contributed by atoms with Crippen molar-refractivity contribution in [1.82, 2.24) is 10.3 Å². The molecule has 0 saturated carbocycles. The normalized spacial score (nSPS) is 12.2. The van der Waals surface area contributed by atoms with E-state index in [0.717, 1.165) is 5.56 Å². The summed E-state index contributed by atoms with van der Waals surface area (Å²) in [6, 6.07) is 5.50. The van der Waals surface area contributed by atoms with Crippen molar-refractivity contribution < 1.29 is 24.2 Å². The van der Waals surface area contributed by atoms with Crippen LogP contribution < -0.4 is 14.8 Å². The predicted octanol–water partition coefficient (Wildman–Crippen LogP) is 2.13. The molecule has 0 spiro atoms. The molecule has 120 valence electrons. The fourth-order valence-electron chi connectivity index (χ4n) is 2.07. The summed E-state index contributed by atoms with van der Waals surface area (Å²) in [6.45, 7) is 0.531. The van der Waals surface area contributed by atoms with E-state index in [9.17, 15) is 9.59 Å². The highest BCUT2D eigenvalue weighted by Gasteiger charge is 2.16. The SMILES string of the molecule is O=C(O)CCCNC(=O)c1cnc(-c2ccc3c(c2)OCO3)s1. The number of aliphatic carboxylic acids is 1. The molecule has 1 aromatic heterocycles. The number of carboxylic acid groups (broad SMARTS) is 1. The molecule has 2 N–H and O–H groups in total. The van der Waals surface area contributed by atoms with Gasteiger partial charge in [0.15, 0.2) is 11.5 Å². The third kappa shape index (κ3) is 3.59. The molecule has 3 rings (SSSR count). The number of benzene rings is 1. The maximum atomic E-state index is 12.0. The Bertz CT molecular complexity index is 743. The Balaban J connectivity index is 1.63. The summed E-state index contributed by atoms with van der Waals surface area (Å²) in [5.74, 6) is 0.237. The van der Waals surface area contributed by atoms with Gasteiger partial charge in [-0.05, 0) is 24.6 Å². The largest absolute Gasteiger partial charge is 0.481 e. The van der Waals surface area contributed by atoms with Crippen LogP contribution in [0, 0.1) is 0 Å². The molecule has 0 fully saturated rings. The second-order valence-electron chi connectivity index (χ2n) is 4.85. The van der Waals surface area contributed by atoms with Gasteiger partial charge in [-0.2, -0.15) is 0 Å². The number of hydrogen-bond donors (Lipinski definition) is 2. The molecule has 0 saturated heterocycles. The van der Waals surface area contributed by atoms with E-state index in [1.807, 2.05) is 18.2 Å². The molecule has 8 heteroatoms. The van der Waals surface area contributed by atoms with Crippen molar-refractivity contribution in [3.8, 4) is 22.1 Å². The number of ether oxygens (including phenoxy) is 2. The Hall–Kier alpha value is -2.61. The smallest absolute Gasteiger partial charge is 0.303 e. The first-order chi connectivity index (χ1) is 11.1. The minimum atomic E-state index is -0.873. The number of hydrogen-bond acceptors (Lipinski definition) is 6. The fourth-order valence-corrected chi connectivity index (χ4v) is 2.90. The fraction of sp³-hybridized carbons (Fsp3) is 0.267. The molecule has 7 nitrogen and oxygen atoms in total. The summed E-state index contributed by atoms with van der Waals surface area (Å²) in [5.41, 5.74) is 0.851. The van der Waals surface area contributed by atoms with Gasteiger partial charge in [0.05, 0.1) is 6.20 Å². The van der Waals surface area contributed by atoms with Crippen molar-refractivity contribution in [3.05, 3.63) is 29.3 Å². The molecule has 1 aliphatic rings. The zero-order valence-electron chi connectivity index (χ0n) is 12.1. The molecular formula is C15H14N2O5S. The Morgan fingerprint density at radius 2 is 2.13 bits per heavy atom. The lowest BCUT2D eigenvalue weighted by molar-refractivity contribution is -0.137. The molecule has 0 radical (unpaired) electrons. The second kappa shape index (κ2) is 6.66. The van der Waals surface area contributed by atoms with Crippen LogP contribution in [0.1, 0.15) is 22.5 Å². The van der Waals surface area contributed by atoms with Crippen LogP contribution in [0.3, 0.4) is 0 Å². The lowest BCUT2D eigenvalue weighted by Crippen LogP contribution is -2.23. The topological polar surface area (TPSA) is 97.8 Å². The van der Waals surface area contributed by atoms with Crippen LogP contribution in [0.15, 0.2) is 24.4 Å². The van der Waals surface area contributed by atoms with Gasteiger partial charge < -0.3 is 19.9 Å². The van der Waals surface area contributed by atoms with Gasteiger partial charge in [0.2, 0.25) is 6.79 Å². The van der Waals surface area contributed by atoms with Gasteiger partial charge in [-0.3, -0.25) is 9.59 Å². The maximum Gasteiger partial charge on any atom is 0.303 e. The lowest BCUT2D eigenvalue weighted by atomic mass is 10.2. The Morgan fingerprint density at radius 3 is 2.96 bits per heavy atom. The quantitative estimate of drug-likeness (QED) is 0.786. The van der Waals surface area contributed by atoms with Gasteiger partial charge >= 0.3 is 5.97 Å². The van der Waals surface area contributed by atoms with E-state index >= 15 is 0 Å². The van der Waals surface area contributed by atoms with Gasteiger partial charge in [-0.1, -0.05) is 0 Å². The molecule has 2 aromatic rings. The number of nitrogens with zero attached hydrogens (tertiary/aromatic N) is 1. The number of carbonyl (C=O) groups excluding carboxylic acids is 1. The van der Waals surface area contributed by atoms with Crippen LogP contribution in [0.2, 0.25) is 0 Å². The van der Waals surface area contributed by atoms with Gasteiger partial charge in [0.1, 0.15) is 9.88 Å². The number of carbonyl (C=O) groups is 2. The first-order valence-corrected chi connectivity index (χ1v) is 7.81. The lowest BCUT2D eigenvalue weighted by Gasteiger charge is -2.01. The zero-order chi connectivity index (χ0) is 16.2. The van der Waals surface area contributed by atoms with Gasteiger partial charge in [0, 0.05) is 18.5 Å². The third-order valence-electron chi connectivity index (χ3n) is 3.20. The first-order valence-electron chi connectivity index (χ1n) is 6.99. The number of fused-ring (bicyclic) bond motifs is 1. The van der Waals surface area contributed by atoms with Crippen molar-refractivity contribution in [2.75, 3.05) is 13.3 Å². The van der Waals surface area contributed by atoms with E-state index in [0.29, 0.717) is 34.3 Å². The number of rotatable bonds is 6. The van der Waals surface area contributed by atoms with Crippen LogP contribution in [0.25, 0.3) is 10.6 Å². The van der Waals surface area contributed by atoms with Crippen LogP contribution in [0.5, 0.6) is 11.5 Å². The van der Waals surface area contributed by atoms with Crippen molar-refractivity contribution in [1.29, 1.82) is 0 Å². The molecular weight excluding hydrogens is 320 g/mol. The molecule has 2 heterocycles. The van der Waals surface area contributed by atoms with Crippen LogP contribution in [-0.2, 0) is 4.79 Å². The summed E-state index contributed by atoms with van der Waals surface area (Å²) in [5, 5.41) is 11.9. The zero-order valence-corrected chi connectivity index (χ0v) is 12.9. The van der Waals surface area contributed by atoms with E-state index in [4.69, 9.17) is 14.6 Å². The highest BCUT2D eigenvalue weighted by molar-refractivity contribution is 7.16. The Kier molecular flexibility index (Phi) is 4.42. The van der Waals surface area contributed by atoms with Crippen molar-refractivity contribution in [3.63, 3.8) is 0 Å². The number of thiazole rings is 1. The van der Waals surface area contributed by atoms with Crippen molar-refractivity contribution in [2.24, 2.45) is 0 Å². The molecule has 0 atom stereocenters. The Labute approximate surface area is 135 Å². The number of carboxylic acids is 1. The minimum absolute atomic E-state index is 0.0332. The average molecular weight is 334 g/mol. The molecule has 0 aliphatic carbocycles. The number of nitrogens with one attached hydrogen (secondary N) is 1. The van der Waals surface area contributed by atoms with Crippen LogP contribution in [-0.4, -0.2) is 35.3 Å². The van der Waals surface area contributed by atoms with Gasteiger partial charge in [-0.15, -0.1) is 11.3 Å². The highest BCUT2D eigenvalue weighted by Crippen LogP contribution is 2.36. The Morgan fingerprint density at radius 1 is 1.30 bits per heavy atom. The molecule has 1 aliphatic heterocycles. The first kappa shape index (κ1) is 15.3. The summed E-state index contributed by atoms with van der Waals surface area (Å²) in [4.78, 5) is 27.1. The summed E-state index contributed by atoms with van der Waals surface area (Å²) < 4.78 is 10.6.